The van der Waals surface area contributed by atoms with Gasteiger partial charge in [-0.2, -0.15) is 0 Å². The van der Waals surface area contributed by atoms with Gasteiger partial charge in [-0.15, -0.1) is 0 Å². The molecule has 8 nitrogen and oxygen atoms in total. The molecule has 30 heavy (non-hydrogen) atoms. The summed E-state index contributed by atoms with van der Waals surface area (Å²) in [5.41, 5.74) is 2.07. The van der Waals surface area contributed by atoms with Gasteiger partial charge in [0.2, 0.25) is 0 Å². The number of hydrogen-bond acceptors (Lipinski definition) is 6. The summed E-state index contributed by atoms with van der Waals surface area (Å²) in [6, 6.07) is 10.0. The van der Waals surface area contributed by atoms with Crippen LogP contribution in [0.4, 0.5) is 0 Å². The van der Waals surface area contributed by atoms with E-state index in [9.17, 15) is 0 Å². The number of nitrogens with one attached hydrogen (secondary N) is 2. The molecule has 166 valence electrons. The molecule has 1 heterocycles. The molecule has 0 saturated heterocycles. The molecular formula is C22H35N5O3. The molecule has 0 bridgehead atoms. The Balaban J connectivity index is 1.76. The maximum Gasteiger partial charge on any atom is 0.191 e. The average molecular weight is 418 g/mol. The van der Waals surface area contributed by atoms with Crippen LogP contribution in [0.5, 0.6) is 5.75 Å². The van der Waals surface area contributed by atoms with E-state index in [1.807, 2.05) is 24.3 Å². The minimum Gasteiger partial charge on any atom is -0.492 e. The number of rotatable bonds is 12. The van der Waals surface area contributed by atoms with E-state index >= 15 is 0 Å². The standard InChI is InChI=1S/C22H35N5O3/c1-17(2)21-14-20(30-26-21)16-25-22(23-3)24-15-18-7-6-8-19(13-18)29-12-10-27(4)9-11-28-5/h6-8,13-14,17H,9-12,15-16H2,1-5H3,(H2,23,24,25). The topological polar surface area (TPSA) is 84.2 Å². The Morgan fingerprint density at radius 1 is 1.17 bits per heavy atom. The highest BCUT2D eigenvalue weighted by Crippen LogP contribution is 2.14. The molecule has 0 amide bonds. The van der Waals surface area contributed by atoms with Gasteiger partial charge in [0.05, 0.1) is 18.8 Å². The fraction of sp³-hybridized carbons (Fsp3) is 0.545. The molecule has 2 rings (SSSR count). The van der Waals surface area contributed by atoms with Gasteiger partial charge in [-0.1, -0.05) is 31.1 Å². The SMILES string of the molecule is CN=C(NCc1cccc(OCCN(C)CCOC)c1)NCc1cc(C(C)C)no1. The molecule has 2 aromatic rings. The van der Waals surface area contributed by atoms with Gasteiger partial charge in [-0.3, -0.25) is 4.99 Å². The second kappa shape index (κ2) is 12.9. The third-order valence-corrected chi connectivity index (χ3v) is 4.60. The van der Waals surface area contributed by atoms with Crippen LogP contribution in [-0.2, 0) is 17.8 Å². The Bertz CT molecular complexity index is 776. The normalized spacial score (nSPS) is 11.9. The fourth-order valence-corrected chi connectivity index (χ4v) is 2.69. The monoisotopic (exact) mass is 417 g/mol. The van der Waals surface area contributed by atoms with E-state index in [1.54, 1.807) is 14.2 Å². The Labute approximate surface area is 179 Å². The van der Waals surface area contributed by atoms with Crippen molar-refractivity contribution in [2.24, 2.45) is 4.99 Å². The van der Waals surface area contributed by atoms with Gasteiger partial charge in [-0.25, -0.2) is 0 Å². The highest BCUT2D eigenvalue weighted by Gasteiger charge is 2.08. The predicted molar refractivity (Wildman–Crippen MR) is 119 cm³/mol. The largest absolute Gasteiger partial charge is 0.492 e. The highest BCUT2D eigenvalue weighted by atomic mass is 16.5. The van der Waals surface area contributed by atoms with Crippen molar-refractivity contribution in [1.29, 1.82) is 0 Å². The third kappa shape index (κ3) is 8.42. The molecule has 0 spiro atoms. The first-order chi connectivity index (χ1) is 14.5. The maximum absolute atomic E-state index is 5.88. The van der Waals surface area contributed by atoms with Gasteiger partial charge >= 0.3 is 0 Å². The van der Waals surface area contributed by atoms with Crippen molar-refractivity contribution >= 4 is 5.96 Å². The third-order valence-electron chi connectivity index (χ3n) is 4.60. The minimum absolute atomic E-state index is 0.347. The molecule has 0 aliphatic heterocycles. The fourth-order valence-electron chi connectivity index (χ4n) is 2.69. The molecule has 0 fully saturated rings. The van der Waals surface area contributed by atoms with Crippen molar-refractivity contribution in [3.05, 3.63) is 47.3 Å². The molecule has 0 unspecified atom stereocenters. The van der Waals surface area contributed by atoms with Crippen LogP contribution in [0.3, 0.4) is 0 Å². The quantitative estimate of drug-likeness (QED) is 0.406. The molecule has 1 aromatic carbocycles. The number of aliphatic imine (C=N–C) groups is 1. The lowest BCUT2D eigenvalue weighted by Crippen LogP contribution is -2.36. The first-order valence-corrected chi connectivity index (χ1v) is 10.3. The Morgan fingerprint density at radius 2 is 1.93 bits per heavy atom. The molecule has 0 atom stereocenters. The van der Waals surface area contributed by atoms with E-state index in [0.717, 1.165) is 42.5 Å². The molecule has 2 N–H and O–H groups in total. The van der Waals surface area contributed by atoms with Gasteiger partial charge < -0.3 is 29.5 Å². The lowest BCUT2D eigenvalue weighted by atomic mass is 10.1. The van der Waals surface area contributed by atoms with Crippen LogP contribution in [0.2, 0.25) is 0 Å². The summed E-state index contributed by atoms with van der Waals surface area (Å²) in [5, 5.41) is 10.6. The van der Waals surface area contributed by atoms with Gasteiger partial charge in [0.25, 0.3) is 0 Å². The molecule has 0 radical (unpaired) electrons. The zero-order chi connectivity index (χ0) is 21.8. The molecule has 0 aliphatic rings. The summed E-state index contributed by atoms with van der Waals surface area (Å²) in [6.07, 6.45) is 0. The summed E-state index contributed by atoms with van der Waals surface area (Å²) >= 11 is 0. The molecule has 1 aromatic heterocycles. The number of aromatic nitrogens is 1. The Hall–Kier alpha value is -2.58. The molecular weight excluding hydrogens is 382 g/mol. The van der Waals surface area contributed by atoms with Gasteiger partial charge in [0, 0.05) is 39.9 Å². The summed E-state index contributed by atoms with van der Waals surface area (Å²) in [6.45, 7) is 8.45. The number of benzene rings is 1. The van der Waals surface area contributed by atoms with Crippen LogP contribution in [0.25, 0.3) is 0 Å². The van der Waals surface area contributed by atoms with Crippen molar-refractivity contribution < 1.29 is 14.0 Å². The van der Waals surface area contributed by atoms with Gasteiger partial charge in [0.1, 0.15) is 12.4 Å². The molecule has 0 saturated carbocycles. The van der Waals surface area contributed by atoms with Crippen molar-refractivity contribution in [3.8, 4) is 5.75 Å². The van der Waals surface area contributed by atoms with Gasteiger partial charge in [0.15, 0.2) is 11.7 Å². The van der Waals surface area contributed by atoms with Crippen LogP contribution >= 0.6 is 0 Å². The van der Waals surface area contributed by atoms with E-state index in [1.165, 1.54) is 0 Å². The minimum atomic E-state index is 0.347. The van der Waals surface area contributed by atoms with Crippen molar-refractivity contribution in [1.82, 2.24) is 20.7 Å². The van der Waals surface area contributed by atoms with Crippen LogP contribution < -0.4 is 15.4 Å². The molecule has 0 aliphatic carbocycles. The van der Waals surface area contributed by atoms with Crippen LogP contribution in [-0.4, -0.2) is 63.5 Å². The summed E-state index contributed by atoms with van der Waals surface area (Å²) < 4.78 is 16.3. The summed E-state index contributed by atoms with van der Waals surface area (Å²) in [5.74, 6) is 2.69. The number of guanidine groups is 1. The predicted octanol–water partition coefficient (Wildman–Crippen LogP) is 2.62. The van der Waals surface area contributed by atoms with E-state index in [-0.39, 0.29) is 0 Å². The van der Waals surface area contributed by atoms with E-state index in [0.29, 0.717) is 31.6 Å². The number of nitrogens with zero attached hydrogens (tertiary/aromatic N) is 3. The van der Waals surface area contributed by atoms with Crippen molar-refractivity contribution in [2.75, 3.05) is 47.5 Å². The zero-order valence-corrected chi connectivity index (χ0v) is 18.8. The van der Waals surface area contributed by atoms with Crippen LogP contribution in [0, 0.1) is 0 Å². The van der Waals surface area contributed by atoms with Crippen LogP contribution in [0.1, 0.15) is 36.8 Å². The number of methoxy groups -OCH3 is 1. The Kier molecular flexibility index (Phi) is 10.2. The van der Waals surface area contributed by atoms with Crippen molar-refractivity contribution in [3.63, 3.8) is 0 Å². The van der Waals surface area contributed by atoms with E-state index in [4.69, 9.17) is 14.0 Å². The van der Waals surface area contributed by atoms with Crippen LogP contribution in [0.15, 0.2) is 39.8 Å². The lowest BCUT2D eigenvalue weighted by Gasteiger charge is -2.16. The summed E-state index contributed by atoms with van der Waals surface area (Å²) in [4.78, 5) is 6.45. The number of likely N-dealkylation sites (N-methyl/N-ethyl adjacent to an activating group) is 1. The Morgan fingerprint density at radius 3 is 2.63 bits per heavy atom. The van der Waals surface area contributed by atoms with E-state index in [2.05, 4.69) is 52.6 Å². The highest BCUT2D eigenvalue weighted by molar-refractivity contribution is 5.79. The van der Waals surface area contributed by atoms with Gasteiger partial charge in [-0.05, 0) is 30.7 Å². The lowest BCUT2D eigenvalue weighted by molar-refractivity contribution is 0.150. The first kappa shape index (κ1) is 23.7. The maximum atomic E-state index is 5.88. The average Bonchev–Trinajstić information content (AvgIpc) is 3.22. The smallest absolute Gasteiger partial charge is 0.191 e. The zero-order valence-electron chi connectivity index (χ0n) is 18.8. The molecule has 8 heteroatoms. The second-order valence-electron chi connectivity index (χ2n) is 7.44. The van der Waals surface area contributed by atoms with Crippen molar-refractivity contribution in [2.45, 2.75) is 32.9 Å². The number of hydrogen-bond donors (Lipinski definition) is 2. The second-order valence-corrected chi connectivity index (χ2v) is 7.44. The summed E-state index contributed by atoms with van der Waals surface area (Å²) in [7, 11) is 5.52. The van der Waals surface area contributed by atoms with E-state index < -0.39 is 0 Å². The number of ether oxygens (including phenoxy) is 2. The first-order valence-electron chi connectivity index (χ1n) is 10.3.